The molecule has 3 rings (SSSR count). The molecule has 2 heterocycles. The fraction of sp³-hybridized carbons (Fsp3) is 0.476. The summed E-state index contributed by atoms with van der Waals surface area (Å²) in [6, 6.07) is 10.8. The zero-order chi connectivity index (χ0) is 20.1. The Labute approximate surface area is 163 Å². The topological polar surface area (TPSA) is 37.4 Å². The molecule has 0 radical (unpaired) electrons. The van der Waals surface area contributed by atoms with Gasteiger partial charge in [0.05, 0.1) is 12.7 Å². The van der Waals surface area contributed by atoms with Crippen LogP contribution in [-0.4, -0.2) is 36.1 Å². The van der Waals surface area contributed by atoms with Crippen molar-refractivity contribution in [3.05, 3.63) is 53.7 Å². The summed E-state index contributed by atoms with van der Waals surface area (Å²) in [5, 5.41) is 3.22. The molecule has 1 saturated heterocycles. The number of benzene rings is 1. The summed E-state index contributed by atoms with van der Waals surface area (Å²) in [4.78, 5) is 6.36. The largest absolute Gasteiger partial charge is 0.497 e. The number of rotatable bonds is 6. The number of ether oxygens (including phenoxy) is 1. The average Bonchev–Trinajstić information content (AvgIpc) is 2.68. The maximum Gasteiger partial charge on any atom is 0.417 e. The van der Waals surface area contributed by atoms with E-state index in [-0.39, 0.29) is 0 Å². The van der Waals surface area contributed by atoms with Crippen molar-refractivity contribution >= 4 is 5.82 Å². The van der Waals surface area contributed by atoms with E-state index in [0.29, 0.717) is 24.3 Å². The van der Waals surface area contributed by atoms with E-state index < -0.39 is 11.7 Å². The molecule has 1 aliphatic heterocycles. The highest BCUT2D eigenvalue weighted by atomic mass is 19.4. The molecule has 2 atom stereocenters. The minimum Gasteiger partial charge on any atom is -0.497 e. The van der Waals surface area contributed by atoms with Gasteiger partial charge >= 0.3 is 6.18 Å². The fourth-order valence-corrected chi connectivity index (χ4v) is 3.70. The molecule has 1 aromatic carbocycles. The zero-order valence-electron chi connectivity index (χ0n) is 16.2. The molecule has 4 nitrogen and oxygen atoms in total. The molecular weight excluding hydrogens is 367 g/mol. The number of anilines is 1. The number of methoxy groups -OCH3 is 1. The molecule has 7 heteroatoms. The van der Waals surface area contributed by atoms with Crippen LogP contribution < -0.4 is 10.1 Å². The molecule has 1 fully saturated rings. The molecule has 1 aromatic heterocycles. The van der Waals surface area contributed by atoms with Gasteiger partial charge in [0.1, 0.15) is 11.6 Å². The van der Waals surface area contributed by atoms with E-state index in [1.54, 1.807) is 7.11 Å². The third-order valence-corrected chi connectivity index (χ3v) is 5.36. The summed E-state index contributed by atoms with van der Waals surface area (Å²) in [5.41, 5.74) is 0.484. The van der Waals surface area contributed by atoms with Crippen LogP contribution in [0.2, 0.25) is 0 Å². The SMILES string of the molecule is COc1ccc(CN2CCC[C@@H](C)C2CNc2ccc(C(F)(F)F)cn2)cc1. The molecule has 0 aliphatic carbocycles. The summed E-state index contributed by atoms with van der Waals surface area (Å²) < 4.78 is 43.2. The predicted octanol–water partition coefficient (Wildman–Crippen LogP) is 4.82. The van der Waals surface area contributed by atoms with Gasteiger partial charge in [-0.15, -0.1) is 0 Å². The van der Waals surface area contributed by atoms with Crippen molar-refractivity contribution in [2.45, 2.75) is 38.5 Å². The van der Waals surface area contributed by atoms with Crippen LogP contribution >= 0.6 is 0 Å². The van der Waals surface area contributed by atoms with Crippen LogP contribution in [0.3, 0.4) is 0 Å². The first-order valence-corrected chi connectivity index (χ1v) is 9.51. The Hall–Kier alpha value is -2.28. The number of nitrogens with zero attached hydrogens (tertiary/aromatic N) is 2. The quantitative estimate of drug-likeness (QED) is 0.763. The summed E-state index contributed by atoms with van der Waals surface area (Å²) >= 11 is 0. The molecule has 152 valence electrons. The van der Waals surface area contributed by atoms with E-state index in [2.05, 4.69) is 34.3 Å². The number of piperidine rings is 1. The lowest BCUT2D eigenvalue weighted by atomic mass is 9.90. The first kappa shape index (κ1) is 20.5. The lowest BCUT2D eigenvalue weighted by molar-refractivity contribution is -0.137. The fourth-order valence-electron chi connectivity index (χ4n) is 3.70. The highest BCUT2D eigenvalue weighted by Gasteiger charge is 2.31. The van der Waals surface area contributed by atoms with Crippen LogP contribution in [0.4, 0.5) is 19.0 Å². The van der Waals surface area contributed by atoms with Gasteiger partial charge in [0.2, 0.25) is 0 Å². The van der Waals surface area contributed by atoms with Gasteiger partial charge in [0.15, 0.2) is 0 Å². The predicted molar refractivity (Wildman–Crippen MR) is 103 cm³/mol. The lowest BCUT2D eigenvalue weighted by Gasteiger charge is -2.40. The van der Waals surface area contributed by atoms with E-state index in [0.717, 1.165) is 43.9 Å². The molecule has 1 N–H and O–H groups in total. The number of halogens is 3. The average molecular weight is 393 g/mol. The lowest BCUT2D eigenvalue weighted by Crippen LogP contribution is -2.47. The number of pyridine rings is 1. The zero-order valence-corrected chi connectivity index (χ0v) is 16.2. The second-order valence-electron chi connectivity index (χ2n) is 7.32. The van der Waals surface area contributed by atoms with Crippen molar-refractivity contribution < 1.29 is 17.9 Å². The molecule has 0 bridgehead atoms. The van der Waals surface area contributed by atoms with Crippen LogP contribution in [-0.2, 0) is 12.7 Å². The van der Waals surface area contributed by atoms with Gasteiger partial charge in [-0.3, -0.25) is 4.90 Å². The summed E-state index contributed by atoms with van der Waals surface area (Å²) in [7, 11) is 1.65. The third kappa shape index (κ3) is 5.16. The van der Waals surface area contributed by atoms with E-state index in [4.69, 9.17) is 4.74 Å². The molecule has 0 spiro atoms. The number of hydrogen-bond acceptors (Lipinski definition) is 4. The third-order valence-electron chi connectivity index (χ3n) is 5.36. The standard InChI is InChI=1S/C21H26F3N3O/c1-15-4-3-11-27(14-16-5-8-18(28-2)9-6-16)19(15)13-26-20-10-7-17(12-25-20)21(22,23)24/h5-10,12,15,19H,3-4,11,13-14H2,1-2H3,(H,25,26)/t15-,19?/m1/s1. The minimum absolute atomic E-state index is 0.292. The van der Waals surface area contributed by atoms with E-state index in [9.17, 15) is 13.2 Å². The van der Waals surface area contributed by atoms with E-state index in [1.165, 1.54) is 11.6 Å². The molecular formula is C21H26F3N3O. The van der Waals surface area contributed by atoms with Crippen LogP contribution in [0.5, 0.6) is 5.75 Å². The van der Waals surface area contributed by atoms with Crippen molar-refractivity contribution in [1.29, 1.82) is 0 Å². The van der Waals surface area contributed by atoms with E-state index >= 15 is 0 Å². The Bertz CT molecular complexity index is 747. The number of hydrogen-bond donors (Lipinski definition) is 1. The Balaban J connectivity index is 1.63. The first-order chi connectivity index (χ1) is 13.4. The smallest absolute Gasteiger partial charge is 0.417 e. The monoisotopic (exact) mass is 393 g/mol. The van der Waals surface area contributed by atoms with Crippen molar-refractivity contribution in [1.82, 2.24) is 9.88 Å². The summed E-state index contributed by atoms with van der Waals surface area (Å²) in [5.74, 6) is 1.80. The Kier molecular flexibility index (Phi) is 6.44. The second-order valence-corrected chi connectivity index (χ2v) is 7.32. The maximum atomic E-state index is 12.7. The summed E-state index contributed by atoms with van der Waals surface area (Å²) in [6.45, 7) is 4.71. The molecule has 28 heavy (non-hydrogen) atoms. The second kappa shape index (κ2) is 8.82. The summed E-state index contributed by atoms with van der Waals surface area (Å²) in [6.07, 6.45) is -1.20. The molecule has 0 amide bonds. The number of aromatic nitrogens is 1. The van der Waals surface area contributed by atoms with Gasteiger partial charge in [-0.25, -0.2) is 4.98 Å². The van der Waals surface area contributed by atoms with Gasteiger partial charge in [-0.05, 0) is 55.1 Å². The van der Waals surface area contributed by atoms with Crippen molar-refractivity contribution in [2.75, 3.05) is 25.5 Å². The highest BCUT2D eigenvalue weighted by Crippen LogP contribution is 2.29. The number of likely N-dealkylation sites (tertiary alicyclic amines) is 1. The van der Waals surface area contributed by atoms with Crippen LogP contribution in [0.25, 0.3) is 0 Å². The van der Waals surface area contributed by atoms with E-state index in [1.807, 2.05) is 12.1 Å². The first-order valence-electron chi connectivity index (χ1n) is 9.51. The molecule has 2 aromatic rings. The number of alkyl halides is 3. The van der Waals surface area contributed by atoms with Crippen LogP contribution in [0, 0.1) is 5.92 Å². The van der Waals surface area contributed by atoms with Gasteiger partial charge in [0, 0.05) is 25.3 Å². The minimum atomic E-state index is -4.36. The molecule has 1 unspecified atom stereocenters. The van der Waals surface area contributed by atoms with Crippen LogP contribution in [0.15, 0.2) is 42.6 Å². The Morgan fingerprint density at radius 2 is 1.93 bits per heavy atom. The van der Waals surface area contributed by atoms with Crippen LogP contribution in [0.1, 0.15) is 30.9 Å². The van der Waals surface area contributed by atoms with Crippen molar-refractivity contribution in [3.8, 4) is 5.75 Å². The van der Waals surface area contributed by atoms with Gasteiger partial charge in [-0.2, -0.15) is 13.2 Å². The van der Waals surface area contributed by atoms with Gasteiger partial charge < -0.3 is 10.1 Å². The number of nitrogens with one attached hydrogen (secondary N) is 1. The Morgan fingerprint density at radius 3 is 2.54 bits per heavy atom. The molecule has 0 saturated carbocycles. The Morgan fingerprint density at radius 1 is 1.18 bits per heavy atom. The van der Waals surface area contributed by atoms with Gasteiger partial charge in [-0.1, -0.05) is 19.1 Å². The van der Waals surface area contributed by atoms with Crippen molar-refractivity contribution in [3.63, 3.8) is 0 Å². The van der Waals surface area contributed by atoms with Crippen molar-refractivity contribution in [2.24, 2.45) is 5.92 Å². The van der Waals surface area contributed by atoms with Gasteiger partial charge in [0.25, 0.3) is 0 Å². The molecule has 1 aliphatic rings. The normalized spacial score (nSPS) is 20.8. The highest BCUT2D eigenvalue weighted by molar-refractivity contribution is 5.36. The maximum absolute atomic E-state index is 12.7.